The summed E-state index contributed by atoms with van der Waals surface area (Å²) in [5.74, 6) is -1.07. The highest BCUT2D eigenvalue weighted by atomic mass is 32.1. The normalized spacial score (nSPS) is 11.2. The van der Waals surface area contributed by atoms with Crippen LogP contribution in [0.1, 0.15) is 15.2 Å². The van der Waals surface area contributed by atoms with Crippen LogP contribution in [-0.4, -0.2) is 17.3 Å². The predicted octanol–water partition coefficient (Wildman–Crippen LogP) is 3.18. The van der Waals surface area contributed by atoms with E-state index >= 15 is 0 Å². The topological polar surface area (TPSA) is 77.2 Å². The largest absolute Gasteiger partial charge is 0.573 e. The lowest BCUT2D eigenvalue weighted by Crippen LogP contribution is -2.18. The van der Waals surface area contributed by atoms with E-state index in [1.165, 1.54) is 17.4 Å². The molecule has 0 unspecified atom stereocenters. The number of aryl methyl sites for hydroxylation is 1. The number of carbonyl (C=O) groups is 1. The number of alkyl halides is 3. The molecule has 1 aromatic heterocycles. The van der Waals surface area contributed by atoms with Crippen LogP contribution < -0.4 is 15.8 Å². The highest BCUT2D eigenvalue weighted by Gasteiger charge is 2.32. The fourth-order valence-corrected chi connectivity index (χ4v) is 2.15. The maximum absolute atomic E-state index is 12.1. The van der Waals surface area contributed by atoms with Crippen LogP contribution in [0.4, 0.5) is 24.0 Å². The number of amides is 1. The number of nitrogens with one attached hydrogen (secondary N) is 1. The summed E-state index contributed by atoms with van der Waals surface area (Å²) in [6.45, 7) is 1.83. The van der Waals surface area contributed by atoms with Crippen LogP contribution in [0.25, 0.3) is 0 Å². The van der Waals surface area contributed by atoms with E-state index < -0.39 is 18.0 Å². The summed E-state index contributed by atoms with van der Waals surface area (Å²) in [5.41, 5.74) is 5.27. The zero-order chi connectivity index (χ0) is 15.6. The molecule has 5 nitrogen and oxygen atoms in total. The van der Waals surface area contributed by atoms with Crippen LogP contribution in [0.5, 0.6) is 5.75 Å². The fourth-order valence-electron chi connectivity index (χ4n) is 1.49. The lowest BCUT2D eigenvalue weighted by Gasteiger charge is -2.11. The smallest absolute Gasteiger partial charge is 0.404 e. The van der Waals surface area contributed by atoms with Crippen molar-refractivity contribution in [1.82, 2.24) is 4.98 Å². The van der Waals surface area contributed by atoms with E-state index in [0.717, 1.165) is 17.0 Å². The van der Waals surface area contributed by atoms with Crippen molar-refractivity contribution in [3.8, 4) is 5.75 Å². The molecule has 0 aliphatic carbocycles. The molecule has 2 aromatic rings. The Morgan fingerprint density at radius 2 is 2.14 bits per heavy atom. The van der Waals surface area contributed by atoms with Crippen LogP contribution in [0.3, 0.4) is 0 Å². The molecule has 3 N–H and O–H groups in total. The number of nitrogens with two attached hydrogens (primary N) is 1. The number of aromatic nitrogens is 1. The lowest BCUT2D eigenvalue weighted by molar-refractivity contribution is -0.274. The highest BCUT2D eigenvalue weighted by Crippen LogP contribution is 2.29. The zero-order valence-electron chi connectivity index (χ0n) is 10.7. The first-order chi connectivity index (χ1) is 9.74. The fraction of sp³-hybridized carbons (Fsp3) is 0.167. The Kier molecular flexibility index (Phi) is 4.03. The van der Waals surface area contributed by atoms with Gasteiger partial charge in [-0.3, -0.25) is 10.1 Å². The van der Waals surface area contributed by atoms with Crippen molar-refractivity contribution < 1.29 is 22.7 Å². The van der Waals surface area contributed by atoms with Gasteiger partial charge >= 0.3 is 6.36 Å². The monoisotopic (exact) mass is 317 g/mol. The molecule has 0 bridgehead atoms. The maximum atomic E-state index is 12.1. The first kappa shape index (κ1) is 15.1. The lowest BCUT2D eigenvalue weighted by atomic mass is 10.2. The number of nitrogens with zero attached hydrogens (tertiary/aromatic N) is 1. The van der Waals surface area contributed by atoms with E-state index in [0.29, 0.717) is 5.13 Å². The van der Waals surface area contributed by atoms with Crippen LogP contribution >= 0.6 is 11.3 Å². The van der Waals surface area contributed by atoms with Crippen molar-refractivity contribution >= 4 is 28.1 Å². The summed E-state index contributed by atoms with van der Waals surface area (Å²) in [6, 6.07) is 3.29. The quantitative estimate of drug-likeness (QED) is 0.852. The van der Waals surface area contributed by atoms with Gasteiger partial charge < -0.3 is 10.5 Å². The molecule has 9 heteroatoms. The van der Waals surface area contributed by atoms with Gasteiger partial charge in [-0.25, -0.2) is 4.98 Å². The Labute approximate surface area is 121 Å². The minimum Gasteiger partial charge on any atom is -0.404 e. The third-order valence-electron chi connectivity index (χ3n) is 2.34. The number of thiazole rings is 1. The van der Waals surface area contributed by atoms with Gasteiger partial charge in [0.2, 0.25) is 0 Å². The van der Waals surface area contributed by atoms with E-state index in [1.54, 1.807) is 6.20 Å². The molecule has 2 rings (SSSR count). The first-order valence-electron chi connectivity index (χ1n) is 5.63. The number of benzene rings is 1. The van der Waals surface area contributed by atoms with E-state index in [1.807, 2.05) is 6.92 Å². The standard InChI is InChI=1S/C12H10F3N3O2S/c1-6-5-17-11(21-6)18-10(19)7-2-3-9(8(16)4-7)20-12(13,14)15/h2-5H,16H2,1H3,(H,17,18,19). The Hall–Kier alpha value is -2.29. The number of halogens is 3. The number of carbonyl (C=O) groups excluding carboxylic acids is 1. The molecule has 0 atom stereocenters. The molecule has 0 radical (unpaired) electrons. The van der Waals surface area contributed by atoms with Crippen molar-refractivity contribution in [3.63, 3.8) is 0 Å². The third kappa shape index (κ3) is 4.09. The minimum absolute atomic E-state index is 0.106. The average molecular weight is 317 g/mol. The summed E-state index contributed by atoms with van der Waals surface area (Å²) < 4.78 is 40.0. The van der Waals surface area contributed by atoms with Crippen molar-refractivity contribution in [2.45, 2.75) is 13.3 Å². The van der Waals surface area contributed by atoms with Gasteiger partial charge in [-0.15, -0.1) is 24.5 Å². The number of hydrogen-bond donors (Lipinski definition) is 2. The van der Waals surface area contributed by atoms with Crippen LogP contribution in [0.15, 0.2) is 24.4 Å². The van der Waals surface area contributed by atoms with Gasteiger partial charge in [0.25, 0.3) is 5.91 Å². The number of ether oxygens (including phenoxy) is 1. The molecular formula is C12H10F3N3O2S. The molecule has 0 fully saturated rings. The zero-order valence-corrected chi connectivity index (χ0v) is 11.5. The Balaban J connectivity index is 2.14. The average Bonchev–Trinajstić information content (AvgIpc) is 2.75. The molecule has 1 amide bonds. The molecule has 0 saturated heterocycles. The summed E-state index contributed by atoms with van der Waals surface area (Å²) in [5, 5.41) is 2.92. The van der Waals surface area contributed by atoms with E-state index in [9.17, 15) is 18.0 Å². The molecule has 0 aliphatic heterocycles. The first-order valence-corrected chi connectivity index (χ1v) is 6.45. The van der Waals surface area contributed by atoms with Gasteiger partial charge in [0.05, 0.1) is 5.69 Å². The van der Waals surface area contributed by atoms with E-state index in [2.05, 4.69) is 15.0 Å². The van der Waals surface area contributed by atoms with E-state index in [4.69, 9.17) is 5.73 Å². The highest BCUT2D eigenvalue weighted by molar-refractivity contribution is 7.15. The second-order valence-corrected chi connectivity index (χ2v) is 5.27. The maximum Gasteiger partial charge on any atom is 0.573 e. The summed E-state index contributed by atoms with van der Waals surface area (Å²) >= 11 is 1.28. The number of hydrogen-bond acceptors (Lipinski definition) is 5. The van der Waals surface area contributed by atoms with Gasteiger partial charge in [0, 0.05) is 16.6 Å². The van der Waals surface area contributed by atoms with Crippen molar-refractivity contribution in [1.29, 1.82) is 0 Å². The molecule has 21 heavy (non-hydrogen) atoms. The SMILES string of the molecule is Cc1cnc(NC(=O)c2ccc(OC(F)(F)F)c(N)c2)s1. The second kappa shape index (κ2) is 5.60. The van der Waals surface area contributed by atoms with Crippen molar-refractivity contribution in [3.05, 3.63) is 34.8 Å². The molecule has 112 valence electrons. The van der Waals surface area contributed by atoms with Gasteiger partial charge in [-0.05, 0) is 25.1 Å². The minimum atomic E-state index is -4.84. The van der Waals surface area contributed by atoms with Gasteiger partial charge in [0.15, 0.2) is 10.9 Å². The Bertz CT molecular complexity index is 670. The van der Waals surface area contributed by atoms with Crippen molar-refractivity contribution in [2.75, 3.05) is 11.1 Å². The second-order valence-electron chi connectivity index (χ2n) is 4.03. The number of nitrogen functional groups attached to an aromatic ring is 1. The third-order valence-corrected chi connectivity index (χ3v) is 3.17. The van der Waals surface area contributed by atoms with Crippen LogP contribution in [0.2, 0.25) is 0 Å². The summed E-state index contributed by atoms with van der Waals surface area (Å²) in [4.78, 5) is 16.8. The molecule has 0 spiro atoms. The number of anilines is 2. The molecule has 0 saturated carbocycles. The molecule has 1 heterocycles. The molecule has 0 aliphatic rings. The predicted molar refractivity (Wildman–Crippen MR) is 72.3 cm³/mol. The molecular weight excluding hydrogens is 307 g/mol. The summed E-state index contributed by atoms with van der Waals surface area (Å²) in [6.07, 6.45) is -3.24. The number of rotatable bonds is 3. The van der Waals surface area contributed by atoms with Gasteiger partial charge in [-0.1, -0.05) is 0 Å². The van der Waals surface area contributed by atoms with Crippen LogP contribution in [-0.2, 0) is 0 Å². The van der Waals surface area contributed by atoms with Crippen molar-refractivity contribution in [2.24, 2.45) is 0 Å². The van der Waals surface area contributed by atoms with Gasteiger partial charge in [-0.2, -0.15) is 0 Å². The van der Waals surface area contributed by atoms with E-state index in [-0.39, 0.29) is 11.3 Å². The summed E-state index contributed by atoms with van der Waals surface area (Å²) in [7, 11) is 0. The Morgan fingerprint density at radius 1 is 1.43 bits per heavy atom. The Morgan fingerprint density at radius 3 is 2.67 bits per heavy atom. The van der Waals surface area contributed by atoms with Crippen LogP contribution in [0, 0.1) is 6.92 Å². The molecule has 1 aromatic carbocycles. The van der Waals surface area contributed by atoms with Gasteiger partial charge in [0.1, 0.15) is 0 Å².